The van der Waals surface area contributed by atoms with Crippen molar-refractivity contribution < 1.29 is 9.13 Å². The van der Waals surface area contributed by atoms with Gasteiger partial charge in [-0.25, -0.2) is 4.39 Å². The lowest BCUT2D eigenvalue weighted by Crippen LogP contribution is -2.40. The van der Waals surface area contributed by atoms with Crippen LogP contribution in [-0.4, -0.2) is 32.3 Å². The molecule has 0 saturated carbocycles. The zero-order valence-electron chi connectivity index (χ0n) is 9.95. The smallest absolute Gasteiger partial charge is 0.125 e. The van der Waals surface area contributed by atoms with Crippen LogP contribution in [0.4, 0.5) is 15.8 Å². The Kier molecular flexibility index (Phi) is 2.67. The summed E-state index contributed by atoms with van der Waals surface area (Å²) in [7, 11) is 0. The van der Waals surface area contributed by atoms with Crippen LogP contribution >= 0.6 is 0 Å². The molecular formula is C13H17FN2O. The van der Waals surface area contributed by atoms with Gasteiger partial charge in [-0.1, -0.05) is 0 Å². The van der Waals surface area contributed by atoms with E-state index in [0.717, 1.165) is 37.7 Å². The monoisotopic (exact) mass is 236 g/mol. The van der Waals surface area contributed by atoms with E-state index in [1.165, 1.54) is 6.07 Å². The Morgan fingerprint density at radius 2 is 2.35 bits per heavy atom. The van der Waals surface area contributed by atoms with Gasteiger partial charge in [0.25, 0.3) is 0 Å². The third-order valence-electron chi connectivity index (χ3n) is 3.73. The number of nitrogens with one attached hydrogen (secondary N) is 1. The van der Waals surface area contributed by atoms with Gasteiger partial charge in [-0.3, -0.25) is 0 Å². The van der Waals surface area contributed by atoms with E-state index in [-0.39, 0.29) is 5.82 Å². The number of ether oxygens (including phenoxy) is 1. The van der Waals surface area contributed by atoms with Crippen molar-refractivity contribution in [2.75, 3.05) is 36.5 Å². The largest absolute Gasteiger partial charge is 0.383 e. The summed E-state index contributed by atoms with van der Waals surface area (Å²) in [6.45, 7) is 5.43. The van der Waals surface area contributed by atoms with E-state index in [9.17, 15) is 4.39 Å². The van der Waals surface area contributed by atoms with Gasteiger partial charge in [0.2, 0.25) is 0 Å². The number of hydrogen-bond donors (Lipinski definition) is 1. The molecule has 0 aromatic heterocycles. The summed E-state index contributed by atoms with van der Waals surface area (Å²) in [4.78, 5) is 2.26. The summed E-state index contributed by atoms with van der Waals surface area (Å²) in [5, 5.41) is 3.40. The molecule has 1 aromatic carbocycles. The fraction of sp³-hybridized carbons (Fsp3) is 0.538. The van der Waals surface area contributed by atoms with Gasteiger partial charge < -0.3 is 15.0 Å². The fourth-order valence-corrected chi connectivity index (χ4v) is 2.84. The molecule has 4 heteroatoms. The number of nitrogens with zero attached hydrogens (tertiary/aromatic N) is 1. The first kappa shape index (κ1) is 10.8. The molecule has 1 aromatic rings. The highest BCUT2D eigenvalue weighted by atomic mass is 19.1. The lowest BCUT2D eigenvalue weighted by atomic mass is 10.0. The summed E-state index contributed by atoms with van der Waals surface area (Å²) >= 11 is 0. The molecule has 0 bridgehead atoms. The minimum Gasteiger partial charge on any atom is -0.383 e. The molecule has 1 fully saturated rings. The first-order chi connectivity index (χ1) is 8.29. The molecule has 17 heavy (non-hydrogen) atoms. The van der Waals surface area contributed by atoms with Crippen LogP contribution < -0.4 is 10.2 Å². The van der Waals surface area contributed by atoms with Gasteiger partial charge in [0, 0.05) is 19.0 Å². The highest BCUT2D eigenvalue weighted by molar-refractivity contribution is 5.71. The predicted molar refractivity (Wildman–Crippen MR) is 66.0 cm³/mol. The maximum Gasteiger partial charge on any atom is 0.125 e. The standard InChI is InChI=1S/C13H17FN2O/c1-2-16-12-5-10(14)3-4-11(12)15-6-9-7-17-8-13(9)16/h3-5,9,13,15H,2,6-8H2,1H3. The summed E-state index contributed by atoms with van der Waals surface area (Å²) < 4.78 is 18.9. The van der Waals surface area contributed by atoms with Gasteiger partial charge >= 0.3 is 0 Å². The second-order valence-corrected chi connectivity index (χ2v) is 4.69. The molecule has 0 spiro atoms. The minimum absolute atomic E-state index is 0.179. The average molecular weight is 236 g/mol. The second kappa shape index (κ2) is 4.18. The van der Waals surface area contributed by atoms with Crippen LogP contribution in [0.15, 0.2) is 18.2 Å². The normalized spacial score (nSPS) is 27.1. The highest BCUT2D eigenvalue weighted by Gasteiger charge is 2.35. The molecule has 0 radical (unpaired) electrons. The van der Waals surface area contributed by atoms with Crippen molar-refractivity contribution in [2.45, 2.75) is 13.0 Å². The summed E-state index contributed by atoms with van der Waals surface area (Å²) in [6, 6.07) is 5.33. The molecule has 1 N–H and O–H groups in total. The van der Waals surface area contributed by atoms with E-state index in [4.69, 9.17) is 4.74 Å². The van der Waals surface area contributed by atoms with Crippen LogP contribution in [0.2, 0.25) is 0 Å². The Morgan fingerprint density at radius 1 is 1.47 bits per heavy atom. The molecule has 3 nitrogen and oxygen atoms in total. The zero-order valence-corrected chi connectivity index (χ0v) is 9.95. The third kappa shape index (κ3) is 1.76. The number of halogens is 1. The van der Waals surface area contributed by atoms with Crippen LogP contribution in [0, 0.1) is 11.7 Å². The number of likely N-dealkylation sites (N-methyl/N-ethyl adjacent to an activating group) is 1. The summed E-state index contributed by atoms with van der Waals surface area (Å²) in [5.74, 6) is 0.312. The van der Waals surface area contributed by atoms with Gasteiger partial charge in [0.15, 0.2) is 0 Å². The van der Waals surface area contributed by atoms with Crippen LogP contribution in [0.1, 0.15) is 6.92 Å². The zero-order chi connectivity index (χ0) is 11.8. The molecule has 2 atom stereocenters. The van der Waals surface area contributed by atoms with Gasteiger partial charge in [-0.15, -0.1) is 0 Å². The lowest BCUT2D eigenvalue weighted by molar-refractivity contribution is 0.185. The number of benzene rings is 1. The van der Waals surface area contributed by atoms with E-state index in [1.807, 2.05) is 6.07 Å². The highest BCUT2D eigenvalue weighted by Crippen LogP contribution is 2.35. The van der Waals surface area contributed by atoms with E-state index in [0.29, 0.717) is 12.0 Å². The van der Waals surface area contributed by atoms with Crippen LogP contribution in [0.25, 0.3) is 0 Å². The Balaban J connectivity index is 2.04. The Bertz CT molecular complexity index is 424. The van der Waals surface area contributed by atoms with Crippen molar-refractivity contribution in [3.63, 3.8) is 0 Å². The van der Waals surface area contributed by atoms with E-state index < -0.39 is 0 Å². The van der Waals surface area contributed by atoms with Gasteiger partial charge in [-0.2, -0.15) is 0 Å². The average Bonchev–Trinajstić information content (AvgIpc) is 2.72. The topological polar surface area (TPSA) is 24.5 Å². The fourth-order valence-electron chi connectivity index (χ4n) is 2.84. The van der Waals surface area contributed by atoms with Crippen molar-refractivity contribution >= 4 is 11.4 Å². The van der Waals surface area contributed by atoms with E-state index in [2.05, 4.69) is 17.1 Å². The van der Waals surface area contributed by atoms with Crippen LogP contribution in [0.5, 0.6) is 0 Å². The molecule has 2 unspecified atom stereocenters. The second-order valence-electron chi connectivity index (χ2n) is 4.69. The van der Waals surface area contributed by atoms with Gasteiger partial charge in [0.1, 0.15) is 5.82 Å². The maximum absolute atomic E-state index is 13.4. The summed E-state index contributed by atoms with van der Waals surface area (Å²) in [6.07, 6.45) is 0. The SMILES string of the molecule is CCN1c2cc(F)ccc2NCC2COCC21. The molecule has 2 aliphatic rings. The minimum atomic E-state index is -0.179. The molecule has 2 aliphatic heterocycles. The van der Waals surface area contributed by atoms with Crippen molar-refractivity contribution in [3.8, 4) is 0 Å². The number of rotatable bonds is 1. The molecule has 1 saturated heterocycles. The Morgan fingerprint density at radius 3 is 3.18 bits per heavy atom. The summed E-state index contributed by atoms with van der Waals surface area (Å²) in [5.41, 5.74) is 1.99. The van der Waals surface area contributed by atoms with Crippen molar-refractivity contribution in [1.82, 2.24) is 0 Å². The van der Waals surface area contributed by atoms with Crippen molar-refractivity contribution in [2.24, 2.45) is 5.92 Å². The molecule has 0 aliphatic carbocycles. The number of hydrogen-bond acceptors (Lipinski definition) is 3. The first-order valence-electron chi connectivity index (χ1n) is 6.17. The first-order valence-corrected chi connectivity index (χ1v) is 6.17. The Labute approximate surface area is 101 Å². The quantitative estimate of drug-likeness (QED) is 0.808. The Hall–Kier alpha value is -1.29. The third-order valence-corrected chi connectivity index (χ3v) is 3.73. The molecule has 92 valence electrons. The number of anilines is 2. The van der Waals surface area contributed by atoms with Crippen molar-refractivity contribution in [3.05, 3.63) is 24.0 Å². The molecular weight excluding hydrogens is 219 g/mol. The van der Waals surface area contributed by atoms with Crippen LogP contribution in [0.3, 0.4) is 0 Å². The van der Waals surface area contributed by atoms with E-state index >= 15 is 0 Å². The van der Waals surface area contributed by atoms with E-state index in [1.54, 1.807) is 6.07 Å². The van der Waals surface area contributed by atoms with Crippen LogP contribution in [-0.2, 0) is 4.74 Å². The predicted octanol–water partition coefficient (Wildman–Crippen LogP) is 2.09. The molecule has 3 rings (SSSR count). The number of fused-ring (bicyclic) bond motifs is 2. The van der Waals surface area contributed by atoms with Gasteiger partial charge in [0.05, 0.1) is 30.6 Å². The maximum atomic E-state index is 13.4. The molecule has 0 amide bonds. The lowest BCUT2D eigenvalue weighted by Gasteiger charge is -2.30. The van der Waals surface area contributed by atoms with Crippen molar-refractivity contribution in [1.29, 1.82) is 0 Å². The molecule has 2 heterocycles. The van der Waals surface area contributed by atoms with Gasteiger partial charge in [-0.05, 0) is 25.1 Å².